The Labute approximate surface area is 173 Å². The average Bonchev–Trinajstić information content (AvgIpc) is 3.05. The second kappa shape index (κ2) is 6.85. The number of nitrogens with zero attached hydrogens (tertiary/aromatic N) is 3. The van der Waals surface area contributed by atoms with Gasteiger partial charge >= 0.3 is 12.3 Å². The van der Waals surface area contributed by atoms with E-state index in [0.29, 0.717) is 26.1 Å². The van der Waals surface area contributed by atoms with E-state index in [2.05, 4.69) is 4.98 Å². The van der Waals surface area contributed by atoms with Crippen LogP contribution in [0.15, 0.2) is 18.3 Å². The number of aromatic nitrogens is 1. The van der Waals surface area contributed by atoms with E-state index in [1.165, 1.54) is 11.0 Å². The van der Waals surface area contributed by atoms with Gasteiger partial charge in [0.25, 0.3) is 0 Å². The predicted molar refractivity (Wildman–Crippen MR) is 103 cm³/mol. The molecule has 0 radical (unpaired) electrons. The minimum atomic E-state index is -4.46. The Balaban J connectivity index is 1.52. The first-order valence-electron chi connectivity index (χ1n) is 10.2. The van der Waals surface area contributed by atoms with Crippen LogP contribution in [-0.2, 0) is 15.7 Å². The van der Waals surface area contributed by atoms with Crippen LogP contribution in [0.25, 0.3) is 0 Å². The van der Waals surface area contributed by atoms with Crippen LogP contribution >= 0.6 is 0 Å². The molecule has 6 nitrogen and oxygen atoms in total. The molecule has 0 N–H and O–H groups in total. The number of amides is 2. The number of rotatable bonds is 1. The molecule has 1 saturated carbocycles. The van der Waals surface area contributed by atoms with Crippen molar-refractivity contribution in [2.45, 2.75) is 51.8 Å². The molecular formula is C21H26F3N3O3. The number of likely N-dealkylation sites (tertiary alicyclic amines) is 1. The Morgan fingerprint density at radius 2 is 1.80 bits per heavy atom. The molecule has 2 unspecified atom stereocenters. The number of carbonyl (C=O) groups is 2. The maximum absolute atomic E-state index is 13.5. The first-order valence-corrected chi connectivity index (χ1v) is 10.2. The van der Waals surface area contributed by atoms with Crippen molar-refractivity contribution >= 4 is 17.8 Å². The molecule has 9 heteroatoms. The summed E-state index contributed by atoms with van der Waals surface area (Å²) in [5, 5.41) is 0. The standard InChI is InChI=1S/C21H26F3N3O3/c1-19(2,3)30-18(29)26-11-14-4-5-15(12-26)20(14)8-9-27(17(20)28)16-7-6-13(10-25-16)21(22,23)24/h6-7,10,14-15H,4-5,8-9,11-12H2,1-3H3. The van der Waals surface area contributed by atoms with Crippen molar-refractivity contribution < 1.29 is 27.5 Å². The predicted octanol–water partition coefficient (Wildman–Crippen LogP) is 4.10. The van der Waals surface area contributed by atoms with E-state index in [0.717, 1.165) is 25.1 Å². The van der Waals surface area contributed by atoms with Crippen molar-refractivity contribution in [2.75, 3.05) is 24.5 Å². The van der Waals surface area contributed by atoms with Gasteiger partial charge in [0, 0.05) is 25.8 Å². The molecule has 2 amide bonds. The van der Waals surface area contributed by atoms with E-state index in [-0.39, 0.29) is 29.7 Å². The molecular weight excluding hydrogens is 399 g/mol. The van der Waals surface area contributed by atoms with E-state index in [9.17, 15) is 22.8 Å². The van der Waals surface area contributed by atoms with E-state index in [1.807, 2.05) is 20.8 Å². The Bertz CT molecular complexity index is 834. The van der Waals surface area contributed by atoms with Gasteiger partial charge in [0.1, 0.15) is 11.4 Å². The fourth-order valence-corrected chi connectivity index (χ4v) is 5.29. The molecule has 30 heavy (non-hydrogen) atoms. The summed E-state index contributed by atoms with van der Waals surface area (Å²) < 4.78 is 43.9. The molecule has 2 atom stereocenters. The summed E-state index contributed by atoms with van der Waals surface area (Å²) in [7, 11) is 0. The lowest BCUT2D eigenvalue weighted by atomic mass is 9.68. The number of carbonyl (C=O) groups excluding carboxylic acids is 2. The summed E-state index contributed by atoms with van der Waals surface area (Å²) in [5.74, 6) is 0.219. The first kappa shape index (κ1) is 20.9. The minimum Gasteiger partial charge on any atom is -0.444 e. The number of hydrogen-bond acceptors (Lipinski definition) is 4. The summed E-state index contributed by atoms with van der Waals surface area (Å²) >= 11 is 0. The number of alkyl halides is 3. The Hall–Kier alpha value is -2.32. The smallest absolute Gasteiger partial charge is 0.417 e. The van der Waals surface area contributed by atoms with Gasteiger partial charge in [-0.15, -0.1) is 0 Å². The summed E-state index contributed by atoms with van der Waals surface area (Å²) in [6.45, 7) is 6.81. The molecule has 2 bridgehead atoms. The lowest BCUT2D eigenvalue weighted by Gasteiger charge is -2.44. The Morgan fingerprint density at radius 3 is 2.30 bits per heavy atom. The van der Waals surface area contributed by atoms with E-state index < -0.39 is 22.8 Å². The molecule has 164 valence electrons. The van der Waals surface area contributed by atoms with Crippen LogP contribution < -0.4 is 4.90 Å². The van der Waals surface area contributed by atoms with Gasteiger partial charge in [-0.05, 0) is 64.0 Å². The van der Waals surface area contributed by atoms with Gasteiger partial charge in [0.05, 0.1) is 11.0 Å². The molecule has 1 aromatic heterocycles. The van der Waals surface area contributed by atoms with Crippen LogP contribution in [0.4, 0.5) is 23.8 Å². The zero-order valence-electron chi connectivity index (χ0n) is 17.3. The fraction of sp³-hybridized carbons (Fsp3) is 0.667. The number of ether oxygens (including phenoxy) is 1. The lowest BCUT2D eigenvalue weighted by Crippen LogP contribution is -2.55. The third-order valence-electron chi connectivity index (χ3n) is 6.60. The quantitative estimate of drug-likeness (QED) is 0.680. The number of anilines is 1. The lowest BCUT2D eigenvalue weighted by molar-refractivity contribution is -0.137. The van der Waals surface area contributed by atoms with Gasteiger partial charge in [0.15, 0.2) is 0 Å². The maximum Gasteiger partial charge on any atom is 0.417 e. The molecule has 2 aliphatic heterocycles. The van der Waals surface area contributed by atoms with Crippen molar-refractivity contribution in [1.82, 2.24) is 9.88 Å². The van der Waals surface area contributed by atoms with Crippen molar-refractivity contribution in [3.63, 3.8) is 0 Å². The Morgan fingerprint density at radius 1 is 1.17 bits per heavy atom. The fourth-order valence-electron chi connectivity index (χ4n) is 5.29. The number of hydrogen-bond donors (Lipinski definition) is 0. The van der Waals surface area contributed by atoms with Crippen LogP contribution in [0.5, 0.6) is 0 Å². The molecule has 1 aliphatic carbocycles. The zero-order chi connectivity index (χ0) is 21.9. The molecule has 4 rings (SSSR count). The molecule has 0 aromatic carbocycles. The van der Waals surface area contributed by atoms with Gasteiger partial charge in [-0.1, -0.05) is 0 Å². The van der Waals surface area contributed by atoms with Crippen LogP contribution in [0.3, 0.4) is 0 Å². The van der Waals surface area contributed by atoms with E-state index in [1.54, 1.807) is 4.90 Å². The highest BCUT2D eigenvalue weighted by Gasteiger charge is 2.63. The first-order chi connectivity index (χ1) is 13.9. The number of pyridine rings is 1. The molecule has 3 fully saturated rings. The summed E-state index contributed by atoms with van der Waals surface area (Å²) in [6.07, 6.45) is -1.72. The van der Waals surface area contributed by atoms with Crippen LogP contribution in [0.2, 0.25) is 0 Å². The maximum atomic E-state index is 13.5. The topological polar surface area (TPSA) is 62.7 Å². The van der Waals surface area contributed by atoms with Gasteiger partial charge in [-0.2, -0.15) is 13.2 Å². The number of halogens is 3. The van der Waals surface area contributed by atoms with E-state index >= 15 is 0 Å². The normalized spacial score (nSPS) is 29.1. The molecule has 1 spiro atoms. The highest BCUT2D eigenvalue weighted by molar-refractivity contribution is 6.00. The highest BCUT2D eigenvalue weighted by Crippen LogP contribution is 2.57. The molecule has 3 aliphatic rings. The zero-order valence-corrected chi connectivity index (χ0v) is 17.3. The summed E-state index contributed by atoms with van der Waals surface area (Å²) in [5.41, 5.74) is -1.99. The van der Waals surface area contributed by atoms with Gasteiger partial charge in [0.2, 0.25) is 5.91 Å². The third-order valence-corrected chi connectivity index (χ3v) is 6.60. The molecule has 3 heterocycles. The van der Waals surface area contributed by atoms with Crippen molar-refractivity contribution in [2.24, 2.45) is 17.3 Å². The van der Waals surface area contributed by atoms with Gasteiger partial charge < -0.3 is 9.64 Å². The monoisotopic (exact) mass is 425 g/mol. The average molecular weight is 425 g/mol. The minimum absolute atomic E-state index is 0.0238. The second-order valence-electron chi connectivity index (χ2n) is 9.51. The Kier molecular flexibility index (Phi) is 4.78. The van der Waals surface area contributed by atoms with Crippen molar-refractivity contribution in [3.8, 4) is 0 Å². The van der Waals surface area contributed by atoms with Crippen LogP contribution in [-0.4, -0.2) is 47.1 Å². The van der Waals surface area contributed by atoms with Crippen LogP contribution in [0.1, 0.15) is 45.6 Å². The summed E-state index contributed by atoms with van der Waals surface area (Å²) in [6, 6.07) is 2.22. The summed E-state index contributed by atoms with van der Waals surface area (Å²) in [4.78, 5) is 33.1. The highest BCUT2D eigenvalue weighted by atomic mass is 19.4. The van der Waals surface area contributed by atoms with Crippen molar-refractivity contribution in [3.05, 3.63) is 23.9 Å². The number of piperidine rings is 1. The van der Waals surface area contributed by atoms with Gasteiger partial charge in [-0.3, -0.25) is 9.69 Å². The SMILES string of the molecule is CC(C)(C)OC(=O)N1CC2CCC(C1)C21CCN(c2ccc(C(F)(F)F)cn2)C1=O. The van der Waals surface area contributed by atoms with E-state index in [4.69, 9.17) is 4.74 Å². The van der Waals surface area contributed by atoms with Crippen molar-refractivity contribution in [1.29, 1.82) is 0 Å². The van der Waals surface area contributed by atoms with Crippen LogP contribution in [0, 0.1) is 17.3 Å². The largest absolute Gasteiger partial charge is 0.444 e. The van der Waals surface area contributed by atoms with Gasteiger partial charge in [-0.25, -0.2) is 9.78 Å². The molecule has 1 aromatic rings. The second-order valence-corrected chi connectivity index (χ2v) is 9.51. The third kappa shape index (κ3) is 3.41. The molecule has 2 saturated heterocycles.